The van der Waals surface area contributed by atoms with Crippen LogP contribution in [0.25, 0.3) is 0 Å². The van der Waals surface area contributed by atoms with E-state index < -0.39 is 0 Å². The standard InChI is InChI=1S/C11H17N5/c1-9-11(5-12)7-14-16(9)4-3-10-6-13-15(2)8-10/h6-8H,3-5,12H2,1-2H3. The van der Waals surface area contributed by atoms with Gasteiger partial charge in [0.25, 0.3) is 0 Å². The average Bonchev–Trinajstić information content (AvgIpc) is 2.83. The van der Waals surface area contributed by atoms with Gasteiger partial charge in [-0.1, -0.05) is 0 Å². The van der Waals surface area contributed by atoms with Gasteiger partial charge in [0.1, 0.15) is 0 Å². The zero-order valence-corrected chi connectivity index (χ0v) is 9.72. The van der Waals surface area contributed by atoms with Crippen LogP contribution in [0.4, 0.5) is 0 Å². The molecule has 0 saturated carbocycles. The number of nitrogens with zero attached hydrogens (tertiary/aromatic N) is 4. The molecule has 16 heavy (non-hydrogen) atoms. The Labute approximate surface area is 94.9 Å². The van der Waals surface area contributed by atoms with E-state index >= 15 is 0 Å². The summed E-state index contributed by atoms with van der Waals surface area (Å²) < 4.78 is 3.81. The number of aromatic nitrogens is 4. The molecule has 0 aliphatic rings. The van der Waals surface area contributed by atoms with E-state index in [0.717, 1.165) is 24.2 Å². The van der Waals surface area contributed by atoms with Crippen molar-refractivity contribution in [3.05, 3.63) is 35.4 Å². The van der Waals surface area contributed by atoms with E-state index in [-0.39, 0.29) is 0 Å². The number of hydrogen-bond donors (Lipinski definition) is 1. The van der Waals surface area contributed by atoms with Crippen molar-refractivity contribution in [2.75, 3.05) is 0 Å². The van der Waals surface area contributed by atoms with Crippen molar-refractivity contribution in [3.8, 4) is 0 Å². The molecule has 0 atom stereocenters. The molecular weight excluding hydrogens is 202 g/mol. The fraction of sp³-hybridized carbons (Fsp3) is 0.455. The molecule has 0 aliphatic heterocycles. The zero-order valence-electron chi connectivity index (χ0n) is 9.72. The zero-order chi connectivity index (χ0) is 11.5. The molecule has 5 heteroatoms. The van der Waals surface area contributed by atoms with Gasteiger partial charge in [-0.25, -0.2) is 0 Å². The summed E-state index contributed by atoms with van der Waals surface area (Å²) in [6, 6.07) is 0. The lowest BCUT2D eigenvalue weighted by atomic mass is 10.2. The molecule has 0 fully saturated rings. The van der Waals surface area contributed by atoms with Gasteiger partial charge < -0.3 is 5.73 Å². The van der Waals surface area contributed by atoms with Crippen LogP contribution in [0.15, 0.2) is 18.6 Å². The Morgan fingerprint density at radius 2 is 2.12 bits per heavy atom. The van der Waals surface area contributed by atoms with Crippen LogP contribution < -0.4 is 5.73 Å². The minimum atomic E-state index is 0.554. The summed E-state index contributed by atoms with van der Waals surface area (Å²) in [5.41, 5.74) is 9.11. The Morgan fingerprint density at radius 1 is 1.31 bits per heavy atom. The second-order valence-electron chi connectivity index (χ2n) is 3.95. The minimum Gasteiger partial charge on any atom is -0.326 e. The van der Waals surface area contributed by atoms with E-state index in [4.69, 9.17) is 5.73 Å². The smallest absolute Gasteiger partial charge is 0.0537 e. The topological polar surface area (TPSA) is 61.7 Å². The number of hydrogen-bond acceptors (Lipinski definition) is 3. The Morgan fingerprint density at radius 3 is 2.69 bits per heavy atom. The fourth-order valence-corrected chi connectivity index (χ4v) is 1.75. The van der Waals surface area contributed by atoms with E-state index in [0.29, 0.717) is 6.54 Å². The molecule has 0 unspecified atom stereocenters. The average molecular weight is 219 g/mol. The Balaban J connectivity index is 2.02. The molecule has 86 valence electrons. The van der Waals surface area contributed by atoms with Crippen molar-refractivity contribution in [2.24, 2.45) is 12.8 Å². The third-order valence-corrected chi connectivity index (χ3v) is 2.80. The van der Waals surface area contributed by atoms with Crippen molar-refractivity contribution in [1.29, 1.82) is 0 Å². The summed E-state index contributed by atoms with van der Waals surface area (Å²) in [7, 11) is 1.93. The largest absolute Gasteiger partial charge is 0.326 e. The van der Waals surface area contributed by atoms with Gasteiger partial charge in [-0.15, -0.1) is 0 Å². The molecule has 2 rings (SSSR count). The molecule has 2 N–H and O–H groups in total. The van der Waals surface area contributed by atoms with E-state index in [9.17, 15) is 0 Å². The van der Waals surface area contributed by atoms with Crippen LogP contribution >= 0.6 is 0 Å². The molecule has 0 spiro atoms. The molecule has 2 aromatic heterocycles. The first-order valence-corrected chi connectivity index (χ1v) is 5.39. The third-order valence-electron chi connectivity index (χ3n) is 2.80. The molecule has 0 radical (unpaired) electrons. The molecular formula is C11H17N5. The molecule has 0 aliphatic carbocycles. The number of aryl methyl sites for hydroxylation is 3. The molecule has 5 nitrogen and oxygen atoms in total. The molecule has 0 bridgehead atoms. The lowest BCUT2D eigenvalue weighted by Crippen LogP contribution is -2.06. The van der Waals surface area contributed by atoms with E-state index in [1.165, 1.54) is 5.56 Å². The highest BCUT2D eigenvalue weighted by atomic mass is 15.3. The fourth-order valence-electron chi connectivity index (χ4n) is 1.75. The highest BCUT2D eigenvalue weighted by Gasteiger charge is 2.05. The summed E-state index contributed by atoms with van der Waals surface area (Å²) in [6.07, 6.45) is 6.71. The highest BCUT2D eigenvalue weighted by molar-refractivity contribution is 5.15. The van der Waals surface area contributed by atoms with Gasteiger partial charge in [-0.05, 0) is 18.9 Å². The van der Waals surface area contributed by atoms with Crippen LogP contribution in [0, 0.1) is 6.92 Å². The first-order valence-electron chi connectivity index (χ1n) is 5.39. The van der Waals surface area contributed by atoms with Crippen molar-refractivity contribution in [2.45, 2.75) is 26.4 Å². The second kappa shape index (κ2) is 4.49. The summed E-state index contributed by atoms with van der Waals surface area (Å²) in [5.74, 6) is 0. The van der Waals surface area contributed by atoms with Gasteiger partial charge in [0.05, 0.1) is 12.4 Å². The van der Waals surface area contributed by atoms with Gasteiger partial charge in [-0.2, -0.15) is 10.2 Å². The van der Waals surface area contributed by atoms with Crippen molar-refractivity contribution < 1.29 is 0 Å². The summed E-state index contributed by atoms with van der Waals surface area (Å²) in [4.78, 5) is 0. The predicted octanol–water partition coefficient (Wildman–Crippen LogP) is 0.626. The van der Waals surface area contributed by atoms with Crippen LogP contribution in [0.2, 0.25) is 0 Å². The van der Waals surface area contributed by atoms with E-state index in [2.05, 4.69) is 17.1 Å². The maximum atomic E-state index is 5.61. The van der Waals surface area contributed by atoms with Crippen molar-refractivity contribution in [3.63, 3.8) is 0 Å². The Kier molecular flexibility index (Phi) is 3.05. The van der Waals surface area contributed by atoms with Crippen LogP contribution in [0.1, 0.15) is 16.8 Å². The number of nitrogens with two attached hydrogens (primary N) is 1. The molecule has 0 saturated heterocycles. The van der Waals surface area contributed by atoms with Gasteiger partial charge in [-0.3, -0.25) is 9.36 Å². The molecule has 2 aromatic rings. The minimum absolute atomic E-state index is 0.554. The van der Waals surface area contributed by atoms with Gasteiger partial charge in [0.2, 0.25) is 0 Å². The van der Waals surface area contributed by atoms with Crippen LogP contribution in [0.3, 0.4) is 0 Å². The predicted molar refractivity (Wildman–Crippen MR) is 61.8 cm³/mol. The van der Waals surface area contributed by atoms with Crippen molar-refractivity contribution in [1.82, 2.24) is 19.6 Å². The van der Waals surface area contributed by atoms with Gasteiger partial charge in [0.15, 0.2) is 0 Å². The van der Waals surface area contributed by atoms with Gasteiger partial charge >= 0.3 is 0 Å². The SMILES string of the molecule is Cc1c(CN)cnn1CCc1cnn(C)c1. The van der Waals surface area contributed by atoms with E-state index in [1.807, 2.05) is 35.0 Å². The van der Waals surface area contributed by atoms with Crippen LogP contribution in [-0.4, -0.2) is 19.6 Å². The normalized spacial score (nSPS) is 10.9. The van der Waals surface area contributed by atoms with Gasteiger partial charge in [0, 0.05) is 37.6 Å². The van der Waals surface area contributed by atoms with Crippen LogP contribution in [0.5, 0.6) is 0 Å². The molecule has 0 amide bonds. The van der Waals surface area contributed by atoms with Crippen LogP contribution in [-0.2, 0) is 26.6 Å². The first-order chi connectivity index (χ1) is 7.70. The maximum Gasteiger partial charge on any atom is 0.0537 e. The number of rotatable bonds is 4. The lowest BCUT2D eigenvalue weighted by Gasteiger charge is -2.03. The lowest BCUT2D eigenvalue weighted by molar-refractivity contribution is 0.597. The second-order valence-corrected chi connectivity index (χ2v) is 3.95. The van der Waals surface area contributed by atoms with Crippen molar-refractivity contribution >= 4 is 0 Å². The summed E-state index contributed by atoms with van der Waals surface area (Å²) in [6.45, 7) is 3.48. The highest BCUT2D eigenvalue weighted by Crippen LogP contribution is 2.07. The molecule has 2 heterocycles. The third kappa shape index (κ3) is 2.14. The Bertz CT molecular complexity index is 468. The first kappa shape index (κ1) is 10.9. The monoisotopic (exact) mass is 219 g/mol. The van der Waals surface area contributed by atoms with E-state index in [1.54, 1.807) is 0 Å². The molecule has 0 aromatic carbocycles. The summed E-state index contributed by atoms with van der Waals surface area (Å²) in [5, 5.41) is 8.46. The quantitative estimate of drug-likeness (QED) is 0.820. The summed E-state index contributed by atoms with van der Waals surface area (Å²) >= 11 is 0. The Hall–Kier alpha value is -1.62. The maximum absolute atomic E-state index is 5.61.